The van der Waals surface area contributed by atoms with E-state index in [4.69, 9.17) is 9.84 Å². The van der Waals surface area contributed by atoms with Crippen LogP contribution in [0.2, 0.25) is 0 Å². The molecule has 0 bridgehead atoms. The highest BCUT2D eigenvalue weighted by Gasteiger charge is 2.30. The summed E-state index contributed by atoms with van der Waals surface area (Å²) in [6, 6.07) is 2.08. The van der Waals surface area contributed by atoms with Crippen molar-refractivity contribution < 1.29 is 9.13 Å². The minimum absolute atomic E-state index is 0.186. The van der Waals surface area contributed by atoms with Gasteiger partial charge in [0, 0.05) is 24.6 Å². The van der Waals surface area contributed by atoms with E-state index in [1.807, 2.05) is 19.9 Å². The van der Waals surface area contributed by atoms with Crippen molar-refractivity contribution in [1.29, 1.82) is 0 Å². The quantitative estimate of drug-likeness (QED) is 0.682. The predicted molar refractivity (Wildman–Crippen MR) is 109 cm³/mol. The fourth-order valence-electron chi connectivity index (χ4n) is 3.45. The Morgan fingerprint density at radius 3 is 2.72 bits per heavy atom. The van der Waals surface area contributed by atoms with Gasteiger partial charge in [0.15, 0.2) is 11.5 Å². The lowest BCUT2D eigenvalue weighted by Gasteiger charge is -2.12. The molecule has 0 radical (unpaired) electrons. The Morgan fingerprint density at radius 2 is 2.03 bits per heavy atom. The number of nitrogens with zero attached hydrogens (tertiary/aromatic N) is 5. The number of hydrogen-bond acceptors (Lipinski definition) is 7. The van der Waals surface area contributed by atoms with Gasteiger partial charge < -0.3 is 15.4 Å². The zero-order chi connectivity index (χ0) is 20.4. The predicted octanol–water partition coefficient (Wildman–Crippen LogP) is 3.01. The van der Waals surface area contributed by atoms with Crippen molar-refractivity contribution in [3.63, 3.8) is 0 Å². The Hall–Kier alpha value is -2.81. The molecule has 5 rings (SSSR count). The van der Waals surface area contributed by atoms with Crippen molar-refractivity contribution in [1.82, 2.24) is 29.9 Å². The second-order valence-corrected chi connectivity index (χ2v) is 7.01. The molecular weight excluding hydrogens is 373 g/mol. The van der Waals surface area contributed by atoms with E-state index in [1.165, 1.54) is 6.20 Å². The Kier molecular flexibility index (Phi) is 5.57. The van der Waals surface area contributed by atoms with E-state index in [1.54, 1.807) is 17.8 Å². The molecule has 9 heteroatoms. The summed E-state index contributed by atoms with van der Waals surface area (Å²) >= 11 is 0. The van der Waals surface area contributed by atoms with Gasteiger partial charge in [0.25, 0.3) is 0 Å². The summed E-state index contributed by atoms with van der Waals surface area (Å²) in [5.41, 5.74) is 2.17. The largest absolute Gasteiger partial charge is 0.495 e. The van der Waals surface area contributed by atoms with E-state index in [2.05, 4.69) is 25.6 Å². The average molecular weight is 399 g/mol. The fourth-order valence-corrected chi connectivity index (χ4v) is 3.45. The van der Waals surface area contributed by atoms with Crippen LogP contribution in [0.5, 0.6) is 5.75 Å². The highest BCUT2D eigenvalue weighted by molar-refractivity contribution is 5.62. The Bertz CT molecular complexity index is 996. The van der Waals surface area contributed by atoms with Crippen LogP contribution >= 0.6 is 0 Å². The minimum atomic E-state index is -0.502. The van der Waals surface area contributed by atoms with Crippen molar-refractivity contribution in [3.8, 4) is 17.1 Å². The minimum Gasteiger partial charge on any atom is -0.495 e. The van der Waals surface area contributed by atoms with Crippen molar-refractivity contribution in [2.24, 2.45) is 0 Å². The molecule has 1 saturated heterocycles. The standard InChI is InChI=1S/C18H20FN7O.C2H6/c1-27-14-6-15-21-9-13(26(15)25-16(14)10-2-3-10)17-12(19)8-22-18(24-17)23-11-4-5-20-7-11;1-2/h6,8-11,20H,2-5,7H2,1H3,(H,22,23,24);1-2H3. The van der Waals surface area contributed by atoms with Crippen LogP contribution in [0.4, 0.5) is 10.3 Å². The van der Waals surface area contributed by atoms with Crippen molar-refractivity contribution in [3.05, 3.63) is 30.0 Å². The number of hydrogen-bond donors (Lipinski definition) is 2. The Labute approximate surface area is 168 Å². The molecule has 154 valence electrons. The summed E-state index contributed by atoms with van der Waals surface area (Å²) in [4.78, 5) is 12.8. The van der Waals surface area contributed by atoms with Gasteiger partial charge in [0.05, 0.1) is 19.5 Å². The summed E-state index contributed by atoms with van der Waals surface area (Å²) in [6.07, 6.45) is 5.94. The number of methoxy groups -OCH3 is 1. The molecule has 4 heterocycles. The summed E-state index contributed by atoms with van der Waals surface area (Å²) < 4.78 is 21.6. The highest BCUT2D eigenvalue weighted by atomic mass is 19.1. The maximum absolute atomic E-state index is 14.5. The number of imidazole rings is 1. The first kappa shape index (κ1) is 19.5. The van der Waals surface area contributed by atoms with Crippen LogP contribution in [0.15, 0.2) is 18.5 Å². The van der Waals surface area contributed by atoms with Gasteiger partial charge in [-0.15, -0.1) is 0 Å². The van der Waals surface area contributed by atoms with Gasteiger partial charge in [-0.1, -0.05) is 13.8 Å². The molecule has 0 aromatic carbocycles. The maximum atomic E-state index is 14.5. The average Bonchev–Trinajstić information content (AvgIpc) is 3.32. The number of nitrogens with one attached hydrogen (secondary N) is 2. The fraction of sp³-hybridized carbons (Fsp3) is 0.500. The number of halogens is 1. The summed E-state index contributed by atoms with van der Waals surface area (Å²) in [7, 11) is 1.63. The zero-order valence-corrected chi connectivity index (χ0v) is 16.9. The molecule has 1 aliphatic heterocycles. The number of aromatic nitrogens is 5. The SMILES string of the molecule is CC.COc1cc2ncc(-c3nc(NC4CCNC4)ncc3F)n2nc1C1CC1. The van der Waals surface area contributed by atoms with Crippen LogP contribution in [-0.4, -0.2) is 50.8 Å². The summed E-state index contributed by atoms with van der Waals surface area (Å²) in [5.74, 6) is 1.02. The smallest absolute Gasteiger partial charge is 0.223 e. The van der Waals surface area contributed by atoms with Crippen molar-refractivity contribution in [2.45, 2.75) is 45.1 Å². The number of anilines is 1. The van der Waals surface area contributed by atoms with Crippen LogP contribution in [-0.2, 0) is 0 Å². The molecule has 8 nitrogen and oxygen atoms in total. The van der Waals surface area contributed by atoms with E-state index < -0.39 is 5.82 Å². The topological polar surface area (TPSA) is 89.3 Å². The maximum Gasteiger partial charge on any atom is 0.223 e. The van der Waals surface area contributed by atoms with Crippen LogP contribution in [0.25, 0.3) is 17.0 Å². The Balaban J connectivity index is 0.000000994. The van der Waals surface area contributed by atoms with Crippen LogP contribution in [0, 0.1) is 5.82 Å². The molecule has 1 aliphatic carbocycles. The summed E-state index contributed by atoms with van der Waals surface area (Å²) in [5, 5.41) is 11.2. The molecule has 2 N–H and O–H groups in total. The highest BCUT2D eigenvalue weighted by Crippen LogP contribution is 2.43. The van der Waals surface area contributed by atoms with Gasteiger partial charge in [-0.3, -0.25) is 0 Å². The molecule has 0 amide bonds. The van der Waals surface area contributed by atoms with Gasteiger partial charge >= 0.3 is 0 Å². The third-order valence-corrected chi connectivity index (χ3v) is 5.05. The molecular formula is C20H26FN7O. The van der Waals surface area contributed by atoms with Gasteiger partial charge in [0.1, 0.15) is 22.8 Å². The van der Waals surface area contributed by atoms with E-state index in [-0.39, 0.29) is 11.7 Å². The van der Waals surface area contributed by atoms with E-state index >= 15 is 0 Å². The molecule has 2 aliphatic rings. The molecule has 2 fully saturated rings. The number of rotatable bonds is 5. The molecule has 1 atom stereocenters. The van der Waals surface area contributed by atoms with Crippen molar-refractivity contribution >= 4 is 11.6 Å². The normalized spacial score (nSPS) is 18.4. The lowest BCUT2D eigenvalue weighted by atomic mass is 10.2. The molecule has 29 heavy (non-hydrogen) atoms. The number of ether oxygens (including phenoxy) is 1. The van der Waals surface area contributed by atoms with Gasteiger partial charge in [0.2, 0.25) is 5.95 Å². The molecule has 1 unspecified atom stereocenters. The van der Waals surface area contributed by atoms with Gasteiger partial charge in [-0.2, -0.15) is 5.10 Å². The third kappa shape index (κ3) is 3.87. The number of fused-ring (bicyclic) bond motifs is 1. The monoisotopic (exact) mass is 399 g/mol. The first-order valence-electron chi connectivity index (χ1n) is 10.2. The second kappa shape index (κ2) is 8.28. The van der Waals surface area contributed by atoms with E-state index in [9.17, 15) is 4.39 Å². The van der Waals surface area contributed by atoms with E-state index in [0.717, 1.165) is 43.8 Å². The van der Waals surface area contributed by atoms with Crippen LogP contribution in [0.3, 0.4) is 0 Å². The first-order valence-corrected chi connectivity index (χ1v) is 10.2. The van der Waals surface area contributed by atoms with Crippen molar-refractivity contribution in [2.75, 3.05) is 25.5 Å². The molecule has 3 aromatic heterocycles. The molecule has 0 spiro atoms. The van der Waals surface area contributed by atoms with Crippen LogP contribution in [0.1, 0.15) is 44.7 Å². The zero-order valence-electron chi connectivity index (χ0n) is 16.9. The van der Waals surface area contributed by atoms with Gasteiger partial charge in [-0.05, 0) is 25.8 Å². The first-order chi connectivity index (χ1) is 14.2. The molecule has 3 aromatic rings. The third-order valence-electron chi connectivity index (χ3n) is 5.05. The summed E-state index contributed by atoms with van der Waals surface area (Å²) in [6.45, 7) is 5.80. The lowest BCUT2D eigenvalue weighted by molar-refractivity contribution is 0.405. The van der Waals surface area contributed by atoms with E-state index in [0.29, 0.717) is 23.2 Å². The second-order valence-electron chi connectivity index (χ2n) is 7.01. The Morgan fingerprint density at radius 1 is 1.21 bits per heavy atom. The molecule has 1 saturated carbocycles. The van der Waals surface area contributed by atoms with Gasteiger partial charge in [-0.25, -0.2) is 23.9 Å². The van der Waals surface area contributed by atoms with Crippen LogP contribution < -0.4 is 15.4 Å². The lowest BCUT2D eigenvalue weighted by Crippen LogP contribution is -2.23.